The Kier molecular flexibility index (Phi) is 6.11. The maximum absolute atomic E-state index is 9.10. The van der Waals surface area contributed by atoms with E-state index in [0.717, 1.165) is 12.0 Å². The third kappa shape index (κ3) is 4.01. The van der Waals surface area contributed by atoms with E-state index >= 15 is 0 Å². The van der Waals surface area contributed by atoms with Crippen molar-refractivity contribution >= 4 is 11.6 Å². The van der Waals surface area contributed by atoms with Crippen molar-refractivity contribution in [1.29, 1.82) is 0 Å². The zero-order chi connectivity index (χ0) is 15.2. The predicted molar refractivity (Wildman–Crippen MR) is 83.2 cm³/mol. The van der Waals surface area contributed by atoms with Gasteiger partial charge in [-0.15, -0.1) is 0 Å². The van der Waals surface area contributed by atoms with Crippen LogP contribution in [0.1, 0.15) is 31.4 Å². The highest BCUT2D eigenvalue weighted by molar-refractivity contribution is 6.32. The van der Waals surface area contributed by atoms with E-state index in [9.17, 15) is 0 Å². The number of nitrogens with two attached hydrogens (primary N) is 1. The Bertz CT molecular complexity index is 470. The topological polar surface area (TPSA) is 76.7 Å². The number of halogens is 1. The van der Waals surface area contributed by atoms with E-state index < -0.39 is 0 Å². The molecule has 2 rings (SSSR count). The van der Waals surface area contributed by atoms with Crippen LogP contribution in [0, 0.1) is 0 Å². The van der Waals surface area contributed by atoms with Gasteiger partial charge >= 0.3 is 0 Å². The number of nitrogens with one attached hydrogen (secondary N) is 1. The highest BCUT2D eigenvalue weighted by atomic mass is 35.5. The first-order chi connectivity index (χ1) is 10.2. The lowest BCUT2D eigenvalue weighted by Gasteiger charge is -2.26. The van der Waals surface area contributed by atoms with E-state index in [2.05, 4.69) is 12.2 Å². The smallest absolute Gasteiger partial charge is 0.179 e. The molecular formula is C15H23ClN2O3. The van der Waals surface area contributed by atoms with Crippen LogP contribution in [0.2, 0.25) is 5.02 Å². The number of fused-ring (bicyclic) bond motifs is 1. The summed E-state index contributed by atoms with van der Waals surface area (Å²) >= 11 is 6.27. The van der Waals surface area contributed by atoms with Crippen molar-refractivity contribution in [2.24, 2.45) is 5.73 Å². The Labute approximate surface area is 130 Å². The number of benzene rings is 1. The normalized spacial score (nSPS) is 16.6. The summed E-state index contributed by atoms with van der Waals surface area (Å²) in [5.74, 6) is 1.27. The zero-order valence-electron chi connectivity index (χ0n) is 12.3. The average molecular weight is 315 g/mol. The minimum atomic E-state index is -0.0326. The van der Waals surface area contributed by atoms with Gasteiger partial charge in [0, 0.05) is 25.2 Å². The number of ether oxygens (including phenoxy) is 2. The van der Waals surface area contributed by atoms with Gasteiger partial charge in [-0.25, -0.2) is 0 Å². The Hall–Kier alpha value is -1.01. The van der Waals surface area contributed by atoms with Gasteiger partial charge in [-0.3, -0.25) is 0 Å². The molecule has 1 heterocycles. The Balaban J connectivity index is 2.19. The molecule has 0 spiro atoms. The van der Waals surface area contributed by atoms with Crippen LogP contribution in [0.5, 0.6) is 11.5 Å². The van der Waals surface area contributed by atoms with Gasteiger partial charge in [-0.2, -0.15) is 0 Å². The fraction of sp³-hybridized carbons (Fsp3) is 0.600. The molecule has 1 aliphatic rings. The SMILES string of the molecule is CCC(CCO)NC(CN)c1cc(Cl)c2c(c1)OCCO2. The lowest BCUT2D eigenvalue weighted by Crippen LogP contribution is -2.37. The van der Waals surface area contributed by atoms with Gasteiger partial charge in [0.2, 0.25) is 0 Å². The molecule has 2 atom stereocenters. The fourth-order valence-electron chi connectivity index (χ4n) is 2.48. The second-order valence-corrected chi connectivity index (χ2v) is 5.51. The summed E-state index contributed by atoms with van der Waals surface area (Å²) in [5, 5.41) is 13.1. The molecule has 4 N–H and O–H groups in total. The van der Waals surface area contributed by atoms with Gasteiger partial charge in [0.1, 0.15) is 13.2 Å². The first kappa shape index (κ1) is 16.4. The summed E-state index contributed by atoms with van der Waals surface area (Å²) in [6, 6.07) is 3.98. The number of rotatable bonds is 7. The molecule has 21 heavy (non-hydrogen) atoms. The maximum Gasteiger partial charge on any atom is 0.179 e. The summed E-state index contributed by atoms with van der Waals surface area (Å²) in [4.78, 5) is 0. The molecule has 5 nitrogen and oxygen atoms in total. The van der Waals surface area contributed by atoms with Crippen LogP contribution in [0.15, 0.2) is 12.1 Å². The van der Waals surface area contributed by atoms with Crippen LogP contribution in [0.3, 0.4) is 0 Å². The number of aliphatic hydroxyl groups excluding tert-OH is 1. The van der Waals surface area contributed by atoms with Crippen molar-refractivity contribution in [1.82, 2.24) is 5.32 Å². The first-order valence-electron chi connectivity index (χ1n) is 7.35. The van der Waals surface area contributed by atoms with Gasteiger partial charge in [0.15, 0.2) is 11.5 Å². The van der Waals surface area contributed by atoms with Crippen LogP contribution < -0.4 is 20.5 Å². The van der Waals surface area contributed by atoms with Crippen LogP contribution in [-0.4, -0.2) is 37.5 Å². The van der Waals surface area contributed by atoms with Gasteiger partial charge in [-0.05, 0) is 30.5 Å². The summed E-state index contributed by atoms with van der Waals surface area (Å²) in [6.07, 6.45) is 1.63. The summed E-state index contributed by atoms with van der Waals surface area (Å²) in [5.41, 5.74) is 6.87. The fourth-order valence-corrected chi connectivity index (χ4v) is 2.75. The van der Waals surface area contributed by atoms with Gasteiger partial charge in [-0.1, -0.05) is 18.5 Å². The summed E-state index contributed by atoms with van der Waals surface area (Å²) in [6.45, 7) is 3.72. The molecule has 2 unspecified atom stereocenters. The highest BCUT2D eigenvalue weighted by Crippen LogP contribution is 2.39. The Morgan fingerprint density at radius 1 is 1.38 bits per heavy atom. The van der Waals surface area contributed by atoms with E-state index in [-0.39, 0.29) is 18.7 Å². The van der Waals surface area contributed by atoms with Crippen molar-refractivity contribution < 1.29 is 14.6 Å². The second kappa shape index (κ2) is 7.84. The molecule has 1 aromatic carbocycles. The highest BCUT2D eigenvalue weighted by Gasteiger charge is 2.21. The van der Waals surface area contributed by atoms with E-state index in [4.69, 9.17) is 31.9 Å². The van der Waals surface area contributed by atoms with Crippen LogP contribution in [-0.2, 0) is 0 Å². The Morgan fingerprint density at radius 2 is 2.14 bits per heavy atom. The third-order valence-electron chi connectivity index (χ3n) is 3.66. The largest absolute Gasteiger partial charge is 0.486 e. The van der Waals surface area contributed by atoms with Crippen molar-refractivity contribution in [3.63, 3.8) is 0 Å². The van der Waals surface area contributed by atoms with Crippen molar-refractivity contribution in [2.75, 3.05) is 26.4 Å². The molecule has 118 valence electrons. The third-order valence-corrected chi connectivity index (χ3v) is 3.95. The molecule has 0 bridgehead atoms. The predicted octanol–water partition coefficient (Wildman–Crippen LogP) is 1.86. The number of hydrogen-bond donors (Lipinski definition) is 3. The van der Waals surface area contributed by atoms with E-state index in [1.165, 1.54) is 0 Å². The van der Waals surface area contributed by atoms with Gasteiger partial charge in [0.25, 0.3) is 0 Å². The van der Waals surface area contributed by atoms with Gasteiger partial charge < -0.3 is 25.6 Å². The molecule has 0 fully saturated rings. The zero-order valence-corrected chi connectivity index (χ0v) is 13.0. The van der Waals surface area contributed by atoms with Crippen molar-refractivity contribution in [3.05, 3.63) is 22.7 Å². The monoisotopic (exact) mass is 314 g/mol. The van der Waals surface area contributed by atoms with E-state index in [1.54, 1.807) is 0 Å². The lowest BCUT2D eigenvalue weighted by atomic mass is 10.0. The second-order valence-electron chi connectivity index (χ2n) is 5.10. The summed E-state index contributed by atoms with van der Waals surface area (Å²) in [7, 11) is 0. The standard InChI is InChI=1S/C15H23ClN2O3/c1-2-11(3-4-19)18-13(9-17)10-7-12(16)15-14(8-10)20-5-6-21-15/h7-8,11,13,18-19H,2-6,9,17H2,1H3. The number of hydrogen-bond acceptors (Lipinski definition) is 5. The van der Waals surface area contributed by atoms with E-state index in [0.29, 0.717) is 42.7 Å². The quantitative estimate of drug-likeness (QED) is 0.716. The molecular weight excluding hydrogens is 292 g/mol. The van der Waals surface area contributed by atoms with Crippen LogP contribution in [0.4, 0.5) is 0 Å². The molecule has 0 saturated carbocycles. The first-order valence-corrected chi connectivity index (χ1v) is 7.73. The molecule has 0 aromatic heterocycles. The molecule has 1 aliphatic heterocycles. The minimum Gasteiger partial charge on any atom is -0.486 e. The van der Waals surface area contributed by atoms with Crippen molar-refractivity contribution in [3.8, 4) is 11.5 Å². The molecule has 6 heteroatoms. The molecule has 1 aromatic rings. The molecule has 0 radical (unpaired) electrons. The maximum atomic E-state index is 9.10. The molecule has 0 saturated heterocycles. The molecule has 0 amide bonds. The minimum absolute atomic E-state index is 0.0326. The average Bonchev–Trinajstić information content (AvgIpc) is 2.51. The molecule has 0 aliphatic carbocycles. The number of aliphatic hydroxyl groups is 1. The van der Waals surface area contributed by atoms with E-state index in [1.807, 2.05) is 12.1 Å². The Morgan fingerprint density at radius 3 is 2.81 bits per heavy atom. The van der Waals surface area contributed by atoms with Crippen molar-refractivity contribution in [2.45, 2.75) is 31.8 Å². The van der Waals surface area contributed by atoms with Crippen LogP contribution >= 0.6 is 11.6 Å². The van der Waals surface area contributed by atoms with Gasteiger partial charge in [0.05, 0.1) is 5.02 Å². The summed E-state index contributed by atoms with van der Waals surface area (Å²) < 4.78 is 11.1. The van der Waals surface area contributed by atoms with Crippen LogP contribution in [0.25, 0.3) is 0 Å². The lowest BCUT2D eigenvalue weighted by molar-refractivity contribution is 0.171.